The van der Waals surface area contributed by atoms with Gasteiger partial charge in [-0.05, 0) is 59.0 Å². The topological polar surface area (TPSA) is 22.1 Å². The summed E-state index contributed by atoms with van der Waals surface area (Å²) < 4.78 is 7.08. The number of para-hydroxylation sites is 1. The number of hydrogen-bond acceptors (Lipinski definition) is 2. The van der Waals surface area contributed by atoms with Crippen LogP contribution in [0, 0.1) is 3.57 Å². The largest absolute Gasteiger partial charge is 0.457 e. The van der Waals surface area contributed by atoms with Crippen LogP contribution in [-0.4, -0.2) is 4.98 Å². The van der Waals surface area contributed by atoms with Crippen molar-refractivity contribution < 1.29 is 4.74 Å². The van der Waals surface area contributed by atoms with Crippen molar-refractivity contribution in [3.05, 3.63) is 64.4 Å². The Morgan fingerprint density at radius 2 is 1.83 bits per heavy atom. The van der Waals surface area contributed by atoms with E-state index < -0.39 is 0 Å². The molecule has 0 spiro atoms. The molecule has 3 rings (SSSR count). The van der Waals surface area contributed by atoms with Crippen LogP contribution in [0.5, 0.6) is 11.5 Å². The molecule has 0 atom stereocenters. The highest BCUT2D eigenvalue weighted by molar-refractivity contribution is 14.1. The fraction of sp³-hybridized carbons (Fsp3) is 0. The zero-order chi connectivity index (χ0) is 12.4. The summed E-state index contributed by atoms with van der Waals surface area (Å²) >= 11 is 2.27. The van der Waals surface area contributed by atoms with Gasteiger partial charge < -0.3 is 4.74 Å². The lowest BCUT2D eigenvalue weighted by molar-refractivity contribution is 0.487. The van der Waals surface area contributed by atoms with Crippen molar-refractivity contribution in [1.29, 1.82) is 0 Å². The van der Waals surface area contributed by atoms with Crippen molar-refractivity contribution in [2.24, 2.45) is 0 Å². The van der Waals surface area contributed by atoms with Crippen LogP contribution < -0.4 is 4.74 Å². The summed E-state index contributed by atoms with van der Waals surface area (Å²) in [4.78, 5) is 4.32. The van der Waals surface area contributed by atoms with Gasteiger partial charge in [-0.25, -0.2) is 0 Å². The van der Waals surface area contributed by atoms with Gasteiger partial charge >= 0.3 is 0 Å². The van der Waals surface area contributed by atoms with E-state index in [0.29, 0.717) is 0 Å². The molecular weight excluding hydrogens is 337 g/mol. The van der Waals surface area contributed by atoms with E-state index in [4.69, 9.17) is 4.74 Å². The Bertz CT molecular complexity index is 691. The van der Waals surface area contributed by atoms with Crippen molar-refractivity contribution in [3.63, 3.8) is 0 Å². The van der Waals surface area contributed by atoms with E-state index in [9.17, 15) is 0 Å². The molecule has 1 heterocycles. The number of rotatable bonds is 2. The van der Waals surface area contributed by atoms with Crippen molar-refractivity contribution in [3.8, 4) is 11.5 Å². The summed E-state index contributed by atoms with van der Waals surface area (Å²) in [6, 6.07) is 17.9. The van der Waals surface area contributed by atoms with Crippen molar-refractivity contribution in [1.82, 2.24) is 4.98 Å². The van der Waals surface area contributed by atoms with Gasteiger partial charge in [0.15, 0.2) is 0 Å². The predicted molar refractivity (Wildman–Crippen MR) is 81.0 cm³/mol. The Hall–Kier alpha value is -1.62. The molecule has 3 heteroatoms. The van der Waals surface area contributed by atoms with E-state index in [1.54, 1.807) is 6.20 Å². The average Bonchev–Trinajstić information content (AvgIpc) is 2.39. The molecule has 2 nitrogen and oxygen atoms in total. The molecule has 18 heavy (non-hydrogen) atoms. The molecule has 0 aliphatic carbocycles. The standard InChI is InChI=1S/C15H10INO/c16-11-4-3-5-12(10-11)18-15-8-9-17-14-7-2-1-6-13(14)15/h1-10H. The molecule has 0 bridgehead atoms. The number of nitrogens with zero attached hydrogens (tertiary/aromatic N) is 1. The number of fused-ring (bicyclic) bond motifs is 1. The van der Waals surface area contributed by atoms with Gasteiger partial charge in [-0.2, -0.15) is 0 Å². The van der Waals surface area contributed by atoms with Gasteiger partial charge in [0.1, 0.15) is 11.5 Å². The first-order valence-corrected chi connectivity index (χ1v) is 6.68. The lowest BCUT2D eigenvalue weighted by atomic mass is 10.2. The summed E-state index contributed by atoms with van der Waals surface area (Å²) in [6.07, 6.45) is 1.77. The molecule has 2 aromatic carbocycles. The Morgan fingerprint density at radius 3 is 2.72 bits per heavy atom. The predicted octanol–water partition coefficient (Wildman–Crippen LogP) is 4.63. The van der Waals surface area contributed by atoms with Gasteiger partial charge in [-0.1, -0.05) is 18.2 Å². The van der Waals surface area contributed by atoms with Gasteiger partial charge in [-0.3, -0.25) is 4.98 Å². The number of benzene rings is 2. The van der Waals surface area contributed by atoms with Gasteiger partial charge in [0.2, 0.25) is 0 Å². The number of hydrogen-bond donors (Lipinski definition) is 0. The molecule has 3 aromatic rings. The first kappa shape index (κ1) is 11.5. The summed E-state index contributed by atoms with van der Waals surface area (Å²) in [5.74, 6) is 1.68. The van der Waals surface area contributed by atoms with E-state index in [-0.39, 0.29) is 0 Å². The maximum absolute atomic E-state index is 5.93. The van der Waals surface area contributed by atoms with Gasteiger partial charge in [-0.15, -0.1) is 0 Å². The first-order chi connectivity index (χ1) is 8.83. The molecule has 1 aromatic heterocycles. The molecule has 0 fully saturated rings. The SMILES string of the molecule is Ic1cccc(Oc2ccnc3ccccc23)c1. The highest BCUT2D eigenvalue weighted by Crippen LogP contribution is 2.28. The van der Waals surface area contributed by atoms with Crippen LogP contribution in [0.1, 0.15) is 0 Å². The molecule has 0 saturated heterocycles. The molecule has 0 N–H and O–H groups in total. The summed E-state index contributed by atoms with van der Waals surface area (Å²) in [5.41, 5.74) is 0.945. The lowest BCUT2D eigenvalue weighted by Crippen LogP contribution is -1.87. The fourth-order valence-corrected chi connectivity index (χ4v) is 2.33. The molecule has 0 aliphatic heterocycles. The van der Waals surface area contributed by atoms with Crippen molar-refractivity contribution in [2.45, 2.75) is 0 Å². The van der Waals surface area contributed by atoms with Gasteiger partial charge in [0.25, 0.3) is 0 Å². The fourth-order valence-electron chi connectivity index (χ4n) is 1.82. The smallest absolute Gasteiger partial charge is 0.138 e. The first-order valence-electron chi connectivity index (χ1n) is 5.60. The zero-order valence-corrected chi connectivity index (χ0v) is 11.7. The van der Waals surface area contributed by atoms with Crippen molar-refractivity contribution >= 4 is 33.5 Å². The van der Waals surface area contributed by atoms with Gasteiger partial charge in [0.05, 0.1) is 5.52 Å². The molecule has 0 aliphatic rings. The van der Waals surface area contributed by atoms with Crippen LogP contribution in [0.25, 0.3) is 10.9 Å². The van der Waals surface area contributed by atoms with Crippen LogP contribution in [0.4, 0.5) is 0 Å². The Kier molecular flexibility index (Phi) is 3.15. The molecule has 0 amide bonds. The Morgan fingerprint density at radius 1 is 0.944 bits per heavy atom. The average molecular weight is 347 g/mol. The van der Waals surface area contributed by atoms with Gasteiger partial charge in [0, 0.05) is 15.2 Å². The van der Waals surface area contributed by atoms with E-state index in [1.807, 2.05) is 54.6 Å². The Balaban J connectivity index is 2.05. The zero-order valence-electron chi connectivity index (χ0n) is 9.51. The maximum Gasteiger partial charge on any atom is 0.138 e. The van der Waals surface area contributed by atoms with E-state index >= 15 is 0 Å². The number of aromatic nitrogens is 1. The Labute approximate surface area is 119 Å². The van der Waals surface area contributed by atoms with E-state index in [2.05, 4.69) is 27.6 Å². The minimum atomic E-state index is 0.836. The van der Waals surface area contributed by atoms with Crippen LogP contribution in [0.3, 0.4) is 0 Å². The summed E-state index contributed by atoms with van der Waals surface area (Å²) in [5, 5.41) is 1.03. The maximum atomic E-state index is 5.93. The van der Waals surface area contributed by atoms with Crippen LogP contribution in [0.2, 0.25) is 0 Å². The minimum Gasteiger partial charge on any atom is -0.457 e. The second-order valence-electron chi connectivity index (χ2n) is 3.89. The summed E-state index contributed by atoms with van der Waals surface area (Å²) in [7, 11) is 0. The monoisotopic (exact) mass is 347 g/mol. The normalized spacial score (nSPS) is 10.5. The van der Waals surface area contributed by atoms with Crippen molar-refractivity contribution in [2.75, 3.05) is 0 Å². The molecular formula is C15H10INO. The van der Waals surface area contributed by atoms with E-state index in [0.717, 1.165) is 26.0 Å². The molecule has 0 radical (unpaired) electrons. The van der Waals surface area contributed by atoms with Crippen LogP contribution >= 0.6 is 22.6 Å². The highest BCUT2D eigenvalue weighted by Gasteiger charge is 2.03. The third-order valence-corrected chi connectivity index (χ3v) is 3.30. The lowest BCUT2D eigenvalue weighted by Gasteiger charge is -2.08. The second kappa shape index (κ2) is 4.94. The number of ether oxygens (including phenoxy) is 1. The van der Waals surface area contributed by atoms with Crippen LogP contribution in [0.15, 0.2) is 60.8 Å². The second-order valence-corrected chi connectivity index (χ2v) is 5.13. The third-order valence-electron chi connectivity index (χ3n) is 2.63. The quantitative estimate of drug-likeness (QED) is 0.631. The molecule has 88 valence electrons. The summed E-state index contributed by atoms with van der Waals surface area (Å²) in [6.45, 7) is 0. The van der Waals surface area contributed by atoms with E-state index in [1.165, 1.54) is 0 Å². The minimum absolute atomic E-state index is 0.836. The molecule has 0 saturated carbocycles. The van der Waals surface area contributed by atoms with Crippen LogP contribution in [-0.2, 0) is 0 Å². The number of pyridine rings is 1. The molecule has 0 unspecified atom stereocenters. The highest BCUT2D eigenvalue weighted by atomic mass is 127. The third kappa shape index (κ3) is 2.31. The number of halogens is 1.